The van der Waals surface area contributed by atoms with Crippen LogP contribution in [0.5, 0.6) is 5.75 Å². The maximum atomic E-state index is 12.2. The first kappa shape index (κ1) is 14.8. The minimum Gasteiger partial charge on any atom is -0.423 e. The van der Waals surface area contributed by atoms with Crippen molar-refractivity contribution in [3.63, 3.8) is 0 Å². The summed E-state index contributed by atoms with van der Waals surface area (Å²) in [4.78, 5) is 12.2. The summed E-state index contributed by atoms with van der Waals surface area (Å²) in [5, 5.41) is 2.14. The third-order valence-corrected chi connectivity index (χ3v) is 4.08. The van der Waals surface area contributed by atoms with Gasteiger partial charge in [0, 0.05) is 4.47 Å². The number of rotatable bonds is 3. The molecule has 3 rings (SSSR count). The highest BCUT2D eigenvalue weighted by molar-refractivity contribution is 9.10. The molecule has 0 aliphatic rings. The monoisotopic (exact) mass is 354 g/mol. The zero-order chi connectivity index (χ0) is 15.5. The van der Waals surface area contributed by atoms with Crippen LogP contribution in [-0.2, 0) is 6.42 Å². The molecule has 0 N–H and O–H groups in total. The summed E-state index contributed by atoms with van der Waals surface area (Å²) in [6.07, 6.45) is 0.954. The molecule has 0 bridgehead atoms. The van der Waals surface area contributed by atoms with Crippen molar-refractivity contribution in [2.45, 2.75) is 13.3 Å². The van der Waals surface area contributed by atoms with Crippen LogP contribution in [0.1, 0.15) is 22.8 Å². The van der Waals surface area contributed by atoms with Gasteiger partial charge in [-0.1, -0.05) is 47.1 Å². The van der Waals surface area contributed by atoms with E-state index in [1.165, 1.54) is 5.56 Å². The number of halogens is 1. The Hall–Kier alpha value is -2.13. The second-order valence-corrected chi connectivity index (χ2v) is 6.01. The van der Waals surface area contributed by atoms with Gasteiger partial charge in [-0.3, -0.25) is 0 Å². The summed E-state index contributed by atoms with van der Waals surface area (Å²) in [5.41, 5.74) is 1.76. The number of carbonyl (C=O) groups excluding carboxylic acids is 1. The molecule has 22 heavy (non-hydrogen) atoms. The number of hydrogen-bond donors (Lipinski definition) is 0. The summed E-state index contributed by atoms with van der Waals surface area (Å²) in [5.74, 6) is 0.221. The molecule has 0 aliphatic carbocycles. The molecule has 0 amide bonds. The smallest absolute Gasteiger partial charge is 0.343 e. The number of fused-ring (bicyclic) bond motifs is 1. The van der Waals surface area contributed by atoms with Gasteiger partial charge >= 0.3 is 5.97 Å². The molecule has 3 heteroatoms. The molecule has 0 unspecified atom stereocenters. The number of ether oxygens (including phenoxy) is 1. The molecule has 0 aromatic heterocycles. The first-order valence-corrected chi connectivity index (χ1v) is 7.95. The lowest BCUT2D eigenvalue weighted by atomic mass is 10.1. The van der Waals surface area contributed by atoms with E-state index in [9.17, 15) is 4.79 Å². The second-order valence-electron chi connectivity index (χ2n) is 5.09. The van der Waals surface area contributed by atoms with Crippen molar-refractivity contribution >= 4 is 32.7 Å². The van der Waals surface area contributed by atoms with Crippen molar-refractivity contribution in [3.8, 4) is 5.75 Å². The van der Waals surface area contributed by atoms with E-state index in [-0.39, 0.29) is 5.97 Å². The van der Waals surface area contributed by atoms with E-state index < -0.39 is 0 Å². The Morgan fingerprint density at radius 2 is 1.64 bits per heavy atom. The number of esters is 1. The molecule has 0 fully saturated rings. The number of benzene rings is 3. The van der Waals surface area contributed by atoms with Gasteiger partial charge in [0.05, 0.1) is 5.56 Å². The maximum absolute atomic E-state index is 12.2. The van der Waals surface area contributed by atoms with E-state index in [4.69, 9.17) is 4.74 Å². The third-order valence-electron chi connectivity index (χ3n) is 3.58. The number of aryl methyl sites for hydroxylation is 1. The van der Waals surface area contributed by atoms with E-state index in [0.717, 1.165) is 21.7 Å². The molecular weight excluding hydrogens is 340 g/mol. The quantitative estimate of drug-likeness (QED) is 0.466. The SMILES string of the molecule is CCc1ccc(C(=O)Oc2ccc3cc(Br)ccc3c2)cc1. The lowest BCUT2D eigenvalue weighted by molar-refractivity contribution is 0.0735. The van der Waals surface area contributed by atoms with E-state index in [0.29, 0.717) is 11.3 Å². The van der Waals surface area contributed by atoms with Crippen LogP contribution in [0, 0.1) is 0 Å². The Morgan fingerprint density at radius 3 is 2.36 bits per heavy atom. The summed E-state index contributed by atoms with van der Waals surface area (Å²) in [6.45, 7) is 2.08. The van der Waals surface area contributed by atoms with Crippen LogP contribution in [0.25, 0.3) is 10.8 Å². The summed E-state index contributed by atoms with van der Waals surface area (Å²) in [6, 6.07) is 19.1. The fourth-order valence-corrected chi connectivity index (χ4v) is 2.68. The summed E-state index contributed by atoms with van der Waals surface area (Å²) in [7, 11) is 0. The predicted octanol–water partition coefficient (Wildman–Crippen LogP) is 5.38. The van der Waals surface area contributed by atoms with Gasteiger partial charge < -0.3 is 4.74 Å². The van der Waals surface area contributed by atoms with E-state index in [1.807, 2.05) is 48.5 Å². The Balaban J connectivity index is 1.82. The molecule has 0 saturated heterocycles. The summed E-state index contributed by atoms with van der Waals surface area (Å²) >= 11 is 3.45. The largest absolute Gasteiger partial charge is 0.423 e. The van der Waals surface area contributed by atoms with Gasteiger partial charge in [-0.2, -0.15) is 0 Å². The fourth-order valence-electron chi connectivity index (χ4n) is 2.30. The minimum atomic E-state index is -0.334. The Labute approximate surface area is 137 Å². The van der Waals surface area contributed by atoms with Crippen molar-refractivity contribution in [1.82, 2.24) is 0 Å². The molecule has 2 nitrogen and oxygen atoms in total. The van der Waals surface area contributed by atoms with Crippen molar-refractivity contribution in [3.05, 3.63) is 76.3 Å². The van der Waals surface area contributed by atoms with Gasteiger partial charge in [0.15, 0.2) is 0 Å². The zero-order valence-corrected chi connectivity index (χ0v) is 13.8. The van der Waals surface area contributed by atoms with E-state index >= 15 is 0 Å². The Bertz CT molecular complexity index is 822. The third kappa shape index (κ3) is 3.20. The van der Waals surface area contributed by atoms with Crippen LogP contribution in [0.2, 0.25) is 0 Å². The molecule has 0 atom stereocenters. The molecule has 0 radical (unpaired) electrons. The molecule has 0 aliphatic heterocycles. The molecule has 0 heterocycles. The fraction of sp³-hybridized carbons (Fsp3) is 0.105. The van der Waals surface area contributed by atoms with Crippen molar-refractivity contribution < 1.29 is 9.53 Å². The average molecular weight is 355 g/mol. The van der Waals surface area contributed by atoms with Gasteiger partial charge in [0.1, 0.15) is 5.75 Å². The van der Waals surface area contributed by atoms with Crippen LogP contribution >= 0.6 is 15.9 Å². The zero-order valence-electron chi connectivity index (χ0n) is 12.2. The standard InChI is InChI=1S/C19H15BrO2/c1-2-13-3-5-14(6-4-13)19(21)22-18-10-8-15-11-17(20)9-7-16(15)12-18/h3-12H,2H2,1H3. The summed E-state index contributed by atoms with van der Waals surface area (Å²) < 4.78 is 6.49. The second kappa shape index (κ2) is 6.32. The topological polar surface area (TPSA) is 26.3 Å². The van der Waals surface area contributed by atoms with E-state index in [2.05, 4.69) is 22.9 Å². The highest BCUT2D eigenvalue weighted by atomic mass is 79.9. The number of carbonyl (C=O) groups is 1. The normalized spacial score (nSPS) is 10.6. The van der Waals surface area contributed by atoms with Crippen molar-refractivity contribution in [1.29, 1.82) is 0 Å². The van der Waals surface area contributed by atoms with Gasteiger partial charge in [0.2, 0.25) is 0 Å². The predicted molar refractivity (Wildman–Crippen MR) is 92.4 cm³/mol. The van der Waals surface area contributed by atoms with Crippen LogP contribution < -0.4 is 4.74 Å². The number of hydrogen-bond acceptors (Lipinski definition) is 2. The van der Waals surface area contributed by atoms with Crippen LogP contribution in [0.3, 0.4) is 0 Å². The first-order valence-electron chi connectivity index (χ1n) is 7.16. The molecule has 3 aromatic rings. The highest BCUT2D eigenvalue weighted by Crippen LogP contribution is 2.24. The molecule has 3 aromatic carbocycles. The first-order chi connectivity index (χ1) is 10.7. The Kier molecular flexibility index (Phi) is 4.25. The minimum absolute atomic E-state index is 0.334. The van der Waals surface area contributed by atoms with Crippen LogP contribution in [0.15, 0.2) is 65.1 Å². The van der Waals surface area contributed by atoms with Crippen LogP contribution in [-0.4, -0.2) is 5.97 Å². The molecule has 0 spiro atoms. The van der Waals surface area contributed by atoms with Crippen molar-refractivity contribution in [2.75, 3.05) is 0 Å². The molecular formula is C19H15BrO2. The molecule has 110 valence electrons. The van der Waals surface area contributed by atoms with Crippen molar-refractivity contribution in [2.24, 2.45) is 0 Å². The average Bonchev–Trinajstić information content (AvgIpc) is 2.55. The maximum Gasteiger partial charge on any atom is 0.343 e. The van der Waals surface area contributed by atoms with Gasteiger partial charge in [0.25, 0.3) is 0 Å². The van der Waals surface area contributed by atoms with E-state index in [1.54, 1.807) is 12.1 Å². The van der Waals surface area contributed by atoms with Gasteiger partial charge in [-0.25, -0.2) is 4.79 Å². The van der Waals surface area contributed by atoms with Crippen LogP contribution in [0.4, 0.5) is 0 Å². The Morgan fingerprint density at radius 1 is 0.955 bits per heavy atom. The lowest BCUT2D eigenvalue weighted by Gasteiger charge is -2.06. The molecule has 0 saturated carbocycles. The van der Waals surface area contributed by atoms with Gasteiger partial charge in [-0.05, 0) is 59.2 Å². The lowest BCUT2D eigenvalue weighted by Crippen LogP contribution is -2.08. The van der Waals surface area contributed by atoms with Gasteiger partial charge in [-0.15, -0.1) is 0 Å². The highest BCUT2D eigenvalue weighted by Gasteiger charge is 2.09.